The fourth-order valence-corrected chi connectivity index (χ4v) is 3.95. The van der Waals surface area contributed by atoms with E-state index in [1.165, 1.54) is 10.2 Å². The van der Waals surface area contributed by atoms with Crippen molar-refractivity contribution in [1.82, 2.24) is 30.0 Å². The normalized spacial score (nSPS) is 12.0. The Bertz CT molecular complexity index is 1320. The van der Waals surface area contributed by atoms with E-state index < -0.39 is 0 Å². The van der Waals surface area contributed by atoms with E-state index in [9.17, 15) is 4.79 Å². The number of amides is 1. The third kappa shape index (κ3) is 4.12. The van der Waals surface area contributed by atoms with Gasteiger partial charge in [-0.1, -0.05) is 6.07 Å². The van der Waals surface area contributed by atoms with Crippen molar-refractivity contribution in [1.29, 1.82) is 0 Å². The Morgan fingerprint density at radius 3 is 2.91 bits per heavy atom. The van der Waals surface area contributed by atoms with E-state index in [1.54, 1.807) is 25.7 Å². The van der Waals surface area contributed by atoms with Crippen molar-refractivity contribution < 1.29 is 9.53 Å². The highest BCUT2D eigenvalue weighted by Crippen LogP contribution is 2.34. The zero-order valence-corrected chi connectivity index (χ0v) is 18.2. The van der Waals surface area contributed by atoms with Gasteiger partial charge in [0.1, 0.15) is 11.3 Å². The molecule has 0 spiro atoms. The molecule has 9 nitrogen and oxygen atoms in total. The van der Waals surface area contributed by atoms with Crippen LogP contribution < -0.4 is 15.8 Å². The molecule has 0 atom stereocenters. The number of rotatable bonds is 6. The first-order valence-electron chi connectivity index (χ1n) is 10.7. The predicted octanol–water partition coefficient (Wildman–Crippen LogP) is 2.39. The minimum atomic E-state index is -0.293. The summed E-state index contributed by atoms with van der Waals surface area (Å²) in [4.78, 5) is 25.9. The zero-order chi connectivity index (χ0) is 22.8. The molecule has 3 aromatic heterocycles. The molecule has 0 radical (unpaired) electrons. The van der Waals surface area contributed by atoms with E-state index >= 15 is 0 Å². The molecule has 9 heteroatoms. The van der Waals surface area contributed by atoms with Gasteiger partial charge in [0.05, 0.1) is 12.8 Å². The molecule has 0 unspecified atom stereocenters. The van der Waals surface area contributed by atoms with Gasteiger partial charge in [0.2, 0.25) is 0 Å². The van der Waals surface area contributed by atoms with Crippen molar-refractivity contribution in [3.05, 3.63) is 77.4 Å². The molecule has 1 aliphatic carbocycles. The second-order valence-electron chi connectivity index (χ2n) is 7.81. The molecule has 0 bridgehead atoms. The van der Waals surface area contributed by atoms with Crippen LogP contribution in [-0.4, -0.2) is 44.3 Å². The molecule has 1 aromatic carbocycles. The molecule has 5 rings (SSSR count). The van der Waals surface area contributed by atoms with Crippen LogP contribution in [0.4, 0.5) is 5.82 Å². The van der Waals surface area contributed by atoms with E-state index in [0.717, 1.165) is 41.0 Å². The van der Waals surface area contributed by atoms with Gasteiger partial charge in [0.15, 0.2) is 5.82 Å². The second-order valence-corrected chi connectivity index (χ2v) is 7.81. The van der Waals surface area contributed by atoms with E-state index in [4.69, 9.17) is 15.5 Å². The number of benzene rings is 1. The Kier molecular flexibility index (Phi) is 5.43. The molecule has 33 heavy (non-hydrogen) atoms. The standard InChI is InChI=1S/C24H23N7O2/c1-33-18-6-7-19-16(11-18)4-5-17-13-28-24(29-21(17)19)31-14-20(22(25)30-31)23(32)27-10-8-15-3-2-9-26-12-15/h2-3,6-7,9,11-14H,4-5,8,10H2,1H3,(H2,25,30)(H,27,32). The summed E-state index contributed by atoms with van der Waals surface area (Å²) in [6, 6.07) is 9.82. The fourth-order valence-electron chi connectivity index (χ4n) is 3.95. The van der Waals surface area contributed by atoms with Crippen molar-refractivity contribution >= 4 is 11.7 Å². The molecule has 0 saturated carbocycles. The van der Waals surface area contributed by atoms with Crippen LogP contribution in [0.3, 0.4) is 0 Å². The molecule has 3 heterocycles. The van der Waals surface area contributed by atoms with Crippen molar-refractivity contribution in [2.24, 2.45) is 0 Å². The first-order chi connectivity index (χ1) is 16.1. The van der Waals surface area contributed by atoms with Crippen LogP contribution in [0.2, 0.25) is 0 Å². The first kappa shape index (κ1) is 20.6. The molecule has 166 valence electrons. The molecular weight excluding hydrogens is 418 g/mol. The zero-order valence-electron chi connectivity index (χ0n) is 18.2. The lowest BCUT2D eigenvalue weighted by Gasteiger charge is -2.19. The highest BCUT2D eigenvalue weighted by atomic mass is 16.5. The number of nitrogens with one attached hydrogen (secondary N) is 1. The lowest BCUT2D eigenvalue weighted by Crippen LogP contribution is -2.26. The summed E-state index contributed by atoms with van der Waals surface area (Å²) >= 11 is 0. The maximum Gasteiger partial charge on any atom is 0.256 e. The Hall–Kier alpha value is -4.27. The molecule has 1 amide bonds. The van der Waals surface area contributed by atoms with Gasteiger partial charge in [0.25, 0.3) is 11.9 Å². The number of aromatic nitrogens is 5. The van der Waals surface area contributed by atoms with Gasteiger partial charge in [-0.05, 0) is 60.2 Å². The molecule has 4 aromatic rings. The lowest BCUT2D eigenvalue weighted by molar-refractivity contribution is 0.0955. The topological polar surface area (TPSA) is 121 Å². The van der Waals surface area contributed by atoms with E-state index in [0.29, 0.717) is 18.9 Å². The van der Waals surface area contributed by atoms with Crippen molar-refractivity contribution in [3.63, 3.8) is 0 Å². The number of carbonyl (C=O) groups is 1. The number of pyridine rings is 1. The number of ether oxygens (including phenoxy) is 1. The number of nitrogen functional groups attached to an aromatic ring is 1. The predicted molar refractivity (Wildman–Crippen MR) is 123 cm³/mol. The number of carbonyl (C=O) groups excluding carboxylic acids is 1. The van der Waals surface area contributed by atoms with Crippen LogP contribution in [0.5, 0.6) is 5.75 Å². The van der Waals surface area contributed by atoms with Gasteiger partial charge < -0.3 is 15.8 Å². The summed E-state index contributed by atoms with van der Waals surface area (Å²) in [5.74, 6) is 1.02. The minimum Gasteiger partial charge on any atom is -0.497 e. The molecule has 0 saturated heterocycles. The van der Waals surface area contributed by atoms with Gasteiger partial charge in [-0.2, -0.15) is 0 Å². The van der Waals surface area contributed by atoms with Crippen LogP contribution in [0, 0.1) is 0 Å². The van der Waals surface area contributed by atoms with Gasteiger partial charge >= 0.3 is 0 Å². The quantitative estimate of drug-likeness (QED) is 0.471. The summed E-state index contributed by atoms with van der Waals surface area (Å²) in [6.07, 6.45) is 9.30. The smallest absolute Gasteiger partial charge is 0.256 e. The Morgan fingerprint density at radius 2 is 2.09 bits per heavy atom. The number of nitrogens with zero attached hydrogens (tertiary/aromatic N) is 5. The largest absolute Gasteiger partial charge is 0.497 e. The third-order valence-electron chi connectivity index (χ3n) is 5.70. The second kappa shape index (κ2) is 8.70. The van der Waals surface area contributed by atoms with Crippen LogP contribution in [0.15, 0.2) is 55.1 Å². The van der Waals surface area contributed by atoms with Crippen LogP contribution >= 0.6 is 0 Å². The van der Waals surface area contributed by atoms with Gasteiger partial charge in [-0.15, -0.1) is 5.10 Å². The molecule has 3 N–H and O–H groups in total. The van der Waals surface area contributed by atoms with Gasteiger partial charge in [-0.25, -0.2) is 14.6 Å². The lowest BCUT2D eigenvalue weighted by atomic mass is 9.90. The monoisotopic (exact) mass is 441 g/mol. The maximum absolute atomic E-state index is 12.6. The van der Waals surface area contributed by atoms with Crippen LogP contribution in [-0.2, 0) is 19.3 Å². The Labute approximate surface area is 190 Å². The van der Waals surface area contributed by atoms with Crippen LogP contribution in [0.1, 0.15) is 27.0 Å². The first-order valence-corrected chi connectivity index (χ1v) is 10.7. The Morgan fingerprint density at radius 1 is 1.21 bits per heavy atom. The summed E-state index contributed by atoms with van der Waals surface area (Å²) in [6.45, 7) is 0.463. The summed E-state index contributed by atoms with van der Waals surface area (Å²) in [5.41, 5.74) is 11.5. The SMILES string of the molecule is COc1ccc2c(c1)CCc1cnc(-n3cc(C(=O)NCCc4cccnc4)c(N)n3)nc1-2. The molecule has 1 aliphatic rings. The number of fused-ring (bicyclic) bond motifs is 3. The van der Waals surface area contributed by atoms with E-state index in [1.807, 2.05) is 36.5 Å². The highest BCUT2D eigenvalue weighted by Gasteiger charge is 2.21. The summed E-state index contributed by atoms with van der Waals surface area (Å²) in [7, 11) is 1.66. The van der Waals surface area contributed by atoms with Crippen LogP contribution in [0.25, 0.3) is 17.2 Å². The number of aryl methyl sites for hydroxylation is 2. The maximum atomic E-state index is 12.6. The highest BCUT2D eigenvalue weighted by molar-refractivity contribution is 5.98. The van der Waals surface area contributed by atoms with Gasteiger partial charge in [-0.3, -0.25) is 9.78 Å². The van der Waals surface area contributed by atoms with Gasteiger partial charge in [0, 0.05) is 36.9 Å². The minimum absolute atomic E-state index is 0.125. The summed E-state index contributed by atoms with van der Waals surface area (Å²) < 4.78 is 6.80. The Balaban J connectivity index is 1.36. The average molecular weight is 441 g/mol. The van der Waals surface area contributed by atoms with E-state index in [2.05, 4.69) is 20.4 Å². The molecule has 0 aliphatic heterocycles. The molecule has 0 fully saturated rings. The number of anilines is 1. The third-order valence-corrected chi connectivity index (χ3v) is 5.70. The number of hydrogen-bond acceptors (Lipinski definition) is 7. The number of methoxy groups -OCH3 is 1. The average Bonchev–Trinajstić information content (AvgIpc) is 3.25. The van der Waals surface area contributed by atoms with Crippen molar-refractivity contribution in [2.75, 3.05) is 19.4 Å². The van der Waals surface area contributed by atoms with E-state index in [-0.39, 0.29) is 17.3 Å². The summed E-state index contributed by atoms with van der Waals surface area (Å²) in [5, 5.41) is 7.15. The molecular formula is C24H23N7O2. The van der Waals surface area contributed by atoms with Crippen molar-refractivity contribution in [2.45, 2.75) is 19.3 Å². The number of nitrogens with two attached hydrogens (primary N) is 1. The number of hydrogen-bond donors (Lipinski definition) is 2. The van der Waals surface area contributed by atoms with Crippen molar-refractivity contribution in [3.8, 4) is 23.0 Å². The fraction of sp³-hybridized carbons (Fsp3) is 0.208.